The van der Waals surface area contributed by atoms with E-state index in [-0.39, 0.29) is 29.1 Å². The first kappa shape index (κ1) is 24.0. The smallest absolute Gasteiger partial charge is 0.330 e. The fourth-order valence-corrected chi connectivity index (χ4v) is 4.93. The van der Waals surface area contributed by atoms with Crippen molar-refractivity contribution in [2.24, 2.45) is 12.5 Å². The van der Waals surface area contributed by atoms with Crippen molar-refractivity contribution in [1.82, 2.24) is 24.0 Å². The maximum atomic E-state index is 13.4. The van der Waals surface area contributed by atoms with Crippen molar-refractivity contribution in [2.45, 2.75) is 66.1 Å². The Morgan fingerprint density at radius 1 is 1.09 bits per heavy atom. The molecule has 2 atom stereocenters. The van der Waals surface area contributed by atoms with Gasteiger partial charge in [-0.2, -0.15) is 0 Å². The van der Waals surface area contributed by atoms with Gasteiger partial charge in [0, 0.05) is 51.2 Å². The molecule has 0 saturated carbocycles. The summed E-state index contributed by atoms with van der Waals surface area (Å²) < 4.78 is 3.46. The van der Waals surface area contributed by atoms with Crippen molar-refractivity contribution in [3.8, 4) is 0 Å². The lowest BCUT2D eigenvalue weighted by molar-refractivity contribution is 0.0511. The lowest BCUT2D eigenvalue weighted by Gasteiger charge is -2.47. The van der Waals surface area contributed by atoms with E-state index in [1.165, 1.54) is 0 Å². The number of hydrogen-bond acceptors (Lipinski definition) is 5. The van der Waals surface area contributed by atoms with Gasteiger partial charge in [-0.25, -0.2) is 9.78 Å². The summed E-state index contributed by atoms with van der Waals surface area (Å²) in [5, 5.41) is 0. The first-order valence-corrected chi connectivity index (χ1v) is 12.2. The number of rotatable bonds is 5. The van der Waals surface area contributed by atoms with Gasteiger partial charge >= 0.3 is 5.69 Å². The van der Waals surface area contributed by atoms with Gasteiger partial charge in [0.25, 0.3) is 5.91 Å². The molecular weight excluding hydrogens is 428 g/mol. The first-order chi connectivity index (χ1) is 16.1. The molecule has 1 saturated heterocycles. The van der Waals surface area contributed by atoms with E-state index in [0.717, 1.165) is 24.2 Å². The van der Waals surface area contributed by atoms with E-state index in [2.05, 4.69) is 44.5 Å². The van der Waals surface area contributed by atoms with E-state index in [1.807, 2.05) is 27.7 Å². The Kier molecular flexibility index (Phi) is 6.51. The van der Waals surface area contributed by atoms with Crippen LogP contribution < -0.4 is 10.6 Å². The molecule has 3 aromatic rings. The maximum absolute atomic E-state index is 13.4. The Labute approximate surface area is 201 Å². The molecule has 0 aromatic carbocycles. The number of fused-ring (bicyclic) bond motifs is 1. The number of hydrogen-bond donors (Lipinski definition) is 0. The number of amides is 1. The maximum Gasteiger partial charge on any atom is 0.330 e. The van der Waals surface area contributed by atoms with Crippen LogP contribution in [-0.4, -0.2) is 55.1 Å². The minimum Gasteiger partial charge on any atom is -0.352 e. The number of carbonyl (C=O) groups excluding carboxylic acids is 1. The van der Waals surface area contributed by atoms with Crippen LogP contribution in [0.2, 0.25) is 0 Å². The third-order valence-corrected chi connectivity index (χ3v) is 6.66. The summed E-state index contributed by atoms with van der Waals surface area (Å²) in [6, 6.07) is 7.80. The van der Waals surface area contributed by atoms with Crippen LogP contribution in [-0.2, 0) is 13.6 Å². The fourth-order valence-electron chi connectivity index (χ4n) is 4.93. The second-order valence-electron chi connectivity index (χ2n) is 10.5. The van der Waals surface area contributed by atoms with Crippen LogP contribution in [0.25, 0.3) is 11.2 Å². The number of nitrogens with zero attached hydrogens (tertiary/aromatic N) is 6. The Balaban J connectivity index is 1.66. The number of imidazole rings is 1. The largest absolute Gasteiger partial charge is 0.352 e. The molecule has 0 bridgehead atoms. The zero-order chi connectivity index (χ0) is 24.6. The van der Waals surface area contributed by atoms with Gasteiger partial charge < -0.3 is 9.80 Å². The van der Waals surface area contributed by atoms with Gasteiger partial charge in [-0.05, 0) is 42.5 Å². The molecule has 8 heteroatoms. The first-order valence-electron chi connectivity index (χ1n) is 12.2. The van der Waals surface area contributed by atoms with Gasteiger partial charge in [-0.15, -0.1) is 0 Å². The van der Waals surface area contributed by atoms with Crippen LogP contribution in [0.4, 0.5) is 5.82 Å². The lowest BCUT2D eigenvalue weighted by Crippen LogP contribution is -2.60. The van der Waals surface area contributed by atoms with E-state index in [1.54, 1.807) is 30.1 Å². The Bertz CT molecular complexity index is 1210. The Morgan fingerprint density at radius 3 is 2.32 bits per heavy atom. The molecule has 2 unspecified atom stereocenters. The van der Waals surface area contributed by atoms with Gasteiger partial charge in [0.1, 0.15) is 5.82 Å². The van der Waals surface area contributed by atoms with E-state index in [0.29, 0.717) is 30.8 Å². The monoisotopic (exact) mass is 464 g/mol. The van der Waals surface area contributed by atoms with E-state index < -0.39 is 0 Å². The SMILES string of the molecule is CCC1CN(c2ccc3c(n2)n(C)c(=O)n3CC(C)(C)C)CC(CC)N1C(=O)c1cccnc1. The van der Waals surface area contributed by atoms with Crippen molar-refractivity contribution in [3.05, 3.63) is 52.7 Å². The number of aromatic nitrogens is 4. The molecular formula is C26H36N6O2. The van der Waals surface area contributed by atoms with Crippen LogP contribution in [0.5, 0.6) is 0 Å². The van der Waals surface area contributed by atoms with Gasteiger partial charge in [-0.1, -0.05) is 34.6 Å². The standard InChI is InChI=1S/C26H36N6O2/c1-7-19-15-30(16-20(8-2)32(19)24(33)18-10-9-13-27-14-18)22-12-11-21-23(28-22)29(6)25(34)31(21)17-26(3,4)5/h9-14,19-20H,7-8,15-17H2,1-6H3. The van der Waals surface area contributed by atoms with E-state index >= 15 is 0 Å². The summed E-state index contributed by atoms with van der Waals surface area (Å²) >= 11 is 0. The van der Waals surface area contributed by atoms with E-state index in [4.69, 9.17) is 4.98 Å². The summed E-state index contributed by atoms with van der Waals surface area (Å²) in [5.41, 5.74) is 2.12. The predicted molar refractivity (Wildman–Crippen MR) is 135 cm³/mol. The molecule has 1 fully saturated rings. The highest BCUT2D eigenvalue weighted by Crippen LogP contribution is 2.28. The average molecular weight is 465 g/mol. The predicted octanol–water partition coefficient (Wildman–Crippen LogP) is 3.70. The fraction of sp³-hybridized carbons (Fsp3) is 0.538. The number of anilines is 1. The minimum absolute atomic E-state index is 0.0172. The molecule has 0 aliphatic carbocycles. The number of piperazine rings is 1. The molecule has 1 aliphatic heterocycles. The molecule has 0 spiro atoms. The lowest BCUT2D eigenvalue weighted by atomic mass is 9.97. The number of pyridine rings is 2. The van der Waals surface area contributed by atoms with Crippen molar-refractivity contribution in [1.29, 1.82) is 0 Å². The summed E-state index contributed by atoms with van der Waals surface area (Å²) in [5.74, 6) is 0.887. The second kappa shape index (κ2) is 9.24. The highest BCUT2D eigenvalue weighted by Gasteiger charge is 2.37. The van der Waals surface area contributed by atoms with Gasteiger partial charge in [0.05, 0.1) is 11.1 Å². The van der Waals surface area contributed by atoms with Crippen LogP contribution in [0.3, 0.4) is 0 Å². The third-order valence-electron chi connectivity index (χ3n) is 6.66. The molecule has 34 heavy (non-hydrogen) atoms. The van der Waals surface area contributed by atoms with Gasteiger partial charge in [0.2, 0.25) is 0 Å². The Hall–Kier alpha value is -3.16. The van der Waals surface area contributed by atoms with Crippen LogP contribution in [0, 0.1) is 5.41 Å². The summed E-state index contributed by atoms with van der Waals surface area (Å²) in [6.07, 6.45) is 5.03. The molecule has 0 radical (unpaired) electrons. The highest BCUT2D eigenvalue weighted by molar-refractivity contribution is 5.94. The third kappa shape index (κ3) is 4.45. The highest BCUT2D eigenvalue weighted by atomic mass is 16.2. The normalized spacial score (nSPS) is 19.1. The average Bonchev–Trinajstić information content (AvgIpc) is 3.06. The molecule has 0 N–H and O–H groups in total. The quantitative estimate of drug-likeness (QED) is 0.576. The zero-order valence-electron chi connectivity index (χ0n) is 21.2. The van der Waals surface area contributed by atoms with Crippen molar-refractivity contribution >= 4 is 22.9 Å². The van der Waals surface area contributed by atoms with Crippen molar-refractivity contribution < 1.29 is 4.79 Å². The number of aryl methyl sites for hydroxylation is 1. The van der Waals surface area contributed by atoms with Crippen molar-refractivity contribution in [3.63, 3.8) is 0 Å². The molecule has 4 rings (SSSR count). The molecule has 4 heterocycles. The molecule has 3 aromatic heterocycles. The second-order valence-corrected chi connectivity index (χ2v) is 10.5. The van der Waals surface area contributed by atoms with Crippen molar-refractivity contribution in [2.75, 3.05) is 18.0 Å². The summed E-state index contributed by atoms with van der Waals surface area (Å²) in [7, 11) is 1.79. The minimum atomic E-state index is -0.0423. The Morgan fingerprint density at radius 2 is 1.76 bits per heavy atom. The summed E-state index contributed by atoms with van der Waals surface area (Å²) in [6.45, 7) is 12.7. The topological polar surface area (TPSA) is 76.3 Å². The summed E-state index contributed by atoms with van der Waals surface area (Å²) in [4.78, 5) is 39.7. The molecule has 1 amide bonds. The van der Waals surface area contributed by atoms with Crippen LogP contribution >= 0.6 is 0 Å². The number of carbonyl (C=O) groups is 1. The van der Waals surface area contributed by atoms with Gasteiger partial charge in [-0.3, -0.25) is 18.9 Å². The zero-order valence-corrected chi connectivity index (χ0v) is 21.2. The van der Waals surface area contributed by atoms with Crippen LogP contribution in [0.1, 0.15) is 57.8 Å². The van der Waals surface area contributed by atoms with Gasteiger partial charge in [0.15, 0.2) is 5.65 Å². The van der Waals surface area contributed by atoms with Crippen LogP contribution in [0.15, 0.2) is 41.5 Å². The molecule has 1 aliphatic rings. The molecule has 182 valence electrons. The van der Waals surface area contributed by atoms with E-state index in [9.17, 15) is 9.59 Å². The molecule has 8 nitrogen and oxygen atoms in total.